The van der Waals surface area contributed by atoms with E-state index in [-0.39, 0.29) is 5.78 Å². The summed E-state index contributed by atoms with van der Waals surface area (Å²) in [5, 5.41) is 18.3. The van der Waals surface area contributed by atoms with E-state index in [0.717, 1.165) is 32.1 Å². The third-order valence-corrected chi connectivity index (χ3v) is 3.91. The van der Waals surface area contributed by atoms with Crippen molar-refractivity contribution >= 4 is 5.78 Å². The van der Waals surface area contributed by atoms with E-state index in [9.17, 15) is 9.90 Å². The van der Waals surface area contributed by atoms with Gasteiger partial charge in [-0.3, -0.25) is 4.79 Å². The van der Waals surface area contributed by atoms with E-state index >= 15 is 0 Å². The average molecular weight is 258 g/mol. The second-order valence-electron chi connectivity index (χ2n) is 5.21. The molecule has 2 saturated heterocycles. The van der Waals surface area contributed by atoms with Gasteiger partial charge in [-0.25, -0.2) is 0 Å². The monoisotopic (exact) mass is 258 g/mol. The number of aliphatic hydroxyl groups excluding tert-OH is 2. The minimum absolute atomic E-state index is 0.330. The Balaban J connectivity index is 1.70. The Bertz CT molecular complexity index is 337. The number of carbonyl (C=O) groups excluding carboxylic acids is 1. The van der Waals surface area contributed by atoms with Crippen molar-refractivity contribution in [1.29, 1.82) is 0 Å². The molecule has 3 rings (SSSR count). The van der Waals surface area contributed by atoms with E-state index in [1.807, 2.05) is 0 Å². The molecule has 0 aromatic carbocycles. The number of hydrogen-bond donors (Lipinski definition) is 2. The van der Waals surface area contributed by atoms with Gasteiger partial charge in [-0.05, 0) is 12.8 Å². The van der Waals surface area contributed by atoms with E-state index in [1.54, 1.807) is 0 Å². The predicted molar refractivity (Wildman–Crippen MR) is 58.5 cm³/mol. The van der Waals surface area contributed by atoms with Crippen LogP contribution in [0.2, 0.25) is 0 Å². The van der Waals surface area contributed by atoms with E-state index in [2.05, 4.69) is 0 Å². The highest BCUT2D eigenvalue weighted by atomic mass is 16.8. The van der Waals surface area contributed by atoms with Crippen LogP contribution in [0.15, 0.2) is 0 Å². The van der Waals surface area contributed by atoms with Gasteiger partial charge in [0.15, 0.2) is 24.0 Å². The Morgan fingerprint density at radius 2 is 2.00 bits per heavy atom. The Labute approximate surface area is 105 Å². The summed E-state index contributed by atoms with van der Waals surface area (Å²) in [5.41, 5.74) is 0. The normalized spacial score (nSPS) is 40.1. The summed E-state index contributed by atoms with van der Waals surface area (Å²) in [6.07, 6.45) is 1.03. The van der Waals surface area contributed by atoms with Crippen LogP contribution < -0.4 is 0 Å². The molecule has 2 aliphatic heterocycles. The zero-order valence-corrected chi connectivity index (χ0v) is 10.1. The molecule has 1 spiro atoms. The average Bonchev–Trinajstić information content (AvgIpc) is 2.86. The zero-order valence-electron chi connectivity index (χ0n) is 10.1. The number of rotatable bonds is 2. The van der Waals surface area contributed by atoms with E-state index in [0.29, 0.717) is 0 Å². The fourth-order valence-electron chi connectivity index (χ4n) is 2.96. The van der Waals surface area contributed by atoms with Crippen LogP contribution in [-0.4, -0.2) is 53.0 Å². The standard InChI is InChI=1S/C12H18O6/c13-6-7(14)9-8(15)10-11(16-9)18-12(17-10)4-2-1-3-5-12/h7,9-11,13-14H,1-6H2/t7-,9-,10-,11-/m1/s1. The first-order valence-electron chi connectivity index (χ1n) is 6.49. The molecule has 3 fully saturated rings. The van der Waals surface area contributed by atoms with Gasteiger partial charge < -0.3 is 24.4 Å². The molecule has 2 heterocycles. The van der Waals surface area contributed by atoms with Gasteiger partial charge in [0.25, 0.3) is 0 Å². The first-order chi connectivity index (χ1) is 8.65. The molecule has 1 saturated carbocycles. The van der Waals surface area contributed by atoms with Gasteiger partial charge in [0.05, 0.1) is 6.61 Å². The fraction of sp³-hybridized carbons (Fsp3) is 0.917. The number of ether oxygens (including phenoxy) is 3. The number of ketones is 1. The molecular formula is C12H18O6. The van der Waals surface area contributed by atoms with Crippen molar-refractivity contribution < 1.29 is 29.2 Å². The summed E-state index contributed by atoms with van der Waals surface area (Å²) in [7, 11) is 0. The predicted octanol–water partition coefficient (Wildman–Crippen LogP) is -0.291. The molecule has 6 heteroatoms. The smallest absolute Gasteiger partial charge is 0.198 e. The molecule has 2 N–H and O–H groups in total. The molecule has 0 radical (unpaired) electrons. The summed E-state index contributed by atoms with van der Waals surface area (Å²) in [5.74, 6) is -0.998. The molecule has 0 amide bonds. The summed E-state index contributed by atoms with van der Waals surface area (Å²) in [4.78, 5) is 12.0. The van der Waals surface area contributed by atoms with Gasteiger partial charge in [0.1, 0.15) is 12.2 Å². The van der Waals surface area contributed by atoms with Crippen LogP contribution in [0.5, 0.6) is 0 Å². The topological polar surface area (TPSA) is 85.2 Å². The van der Waals surface area contributed by atoms with Crippen LogP contribution >= 0.6 is 0 Å². The van der Waals surface area contributed by atoms with Gasteiger partial charge >= 0.3 is 0 Å². The minimum atomic E-state index is -1.21. The van der Waals surface area contributed by atoms with Crippen LogP contribution in [0.3, 0.4) is 0 Å². The Hall–Kier alpha value is -0.530. The molecular weight excluding hydrogens is 240 g/mol. The number of fused-ring (bicyclic) bond motifs is 1. The van der Waals surface area contributed by atoms with Gasteiger partial charge in [-0.15, -0.1) is 0 Å². The van der Waals surface area contributed by atoms with Crippen molar-refractivity contribution in [3.63, 3.8) is 0 Å². The second-order valence-corrected chi connectivity index (χ2v) is 5.21. The lowest BCUT2D eigenvalue weighted by atomic mass is 9.94. The molecule has 0 aromatic heterocycles. The lowest BCUT2D eigenvalue weighted by Crippen LogP contribution is -2.41. The first-order valence-corrected chi connectivity index (χ1v) is 6.49. The molecule has 102 valence electrons. The first kappa shape index (κ1) is 12.5. The van der Waals surface area contributed by atoms with Crippen molar-refractivity contribution in [2.75, 3.05) is 6.61 Å². The maximum absolute atomic E-state index is 12.0. The lowest BCUT2D eigenvalue weighted by Gasteiger charge is -2.32. The second kappa shape index (κ2) is 4.54. The van der Waals surface area contributed by atoms with Crippen LogP contribution in [0.4, 0.5) is 0 Å². The van der Waals surface area contributed by atoms with E-state index in [4.69, 9.17) is 19.3 Å². The summed E-state index contributed by atoms with van der Waals surface area (Å²) < 4.78 is 16.9. The summed E-state index contributed by atoms with van der Waals surface area (Å²) in [6.45, 7) is -0.513. The van der Waals surface area contributed by atoms with Crippen LogP contribution in [-0.2, 0) is 19.0 Å². The number of aliphatic hydroxyl groups is 2. The fourth-order valence-corrected chi connectivity index (χ4v) is 2.96. The molecule has 0 unspecified atom stereocenters. The molecule has 18 heavy (non-hydrogen) atoms. The van der Waals surface area contributed by atoms with Crippen molar-refractivity contribution in [3.05, 3.63) is 0 Å². The Morgan fingerprint density at radius 1 is 1.28 bits per heavy atom. The van der Waals surface area contributed by atoms with Crippen LogP contribution in [0, 0.1) is 0 Å². The molecule has 0 aromatic rings. The Kier molecular flexibility index (Phi) is 3.15. The summed E-state index contributed by atoms with van der Waals surface area (Å²) in [6, 6.07) is 0. The van der Waals surface area contributed by atoms with Crippen molar-refractivity contribution in [1.82, 2.24) is 0 Å². The zero-order chi connectivity index (χ0) is 12.8. The lowest BCUT2D eigenvalue weighted by molar-refractivity contribution is -0.241. The molecule has 3 aliphatic rings. The highest BCUT2D eigenvalue weighted by Crippen LogP contribution is 2.44. The van der Waals surface area contributed by atoms with Crippen molar-refractivity contribution in [2.24, 2.45) is 0 Å². The van der Waals surface area contributed by atoms with Crippen molar-refractivity contribution in [2.45, 2.75) is 62.5 Å². The third kappa shape index (κ3) is 1.88. The third-order valence-electron chi connectivity index (χ3n) is 3.91. The Morgan fingerprint density at radius 3 is 2.61 bits per heavy atom. The number of Topliss-reactive ketones (excluding diaryl/α,β-unsaturated/α-hetero) is 1. The molecule has 1 aliphatic carbocycles. The quantitative estimate of drug-likeness (QED) is 0.708. The van der Waals surface area contributed by atoms with Gasteiger partial charge in [-0.1, -0.05) is 6.42 Å². The number of hydrogen-bond acceptors (Lipinski definition) is 6. The highest BCUT2D eigenvalue weighted by Gasteiger charge is 2.58. The maximum atomic E-state index is 12.0. The van der Waals surface area contributed by atoms with Crippen molar-refractivity contribution in [3.8, 4) is 0 Å². The SMILES string of the molecule is O=C1[C@H]2OC3(CCCCC3)O[C@H]2O[C@@H]1[C@H](O)CO. The van der Waals surface area contributed by atoms with E-state index in [1.165, 1.54) is 0 Å². The molecule has 0 bridgehead atoms. The molecule has 4 atom stereocenters. The largest absolute Gasteiger partial charge is 0.394 e. The van der Waals surface area contributed by atoms with Gasteiger partial charge in [-0.2, -0.15) is 0 Å². The highest BCUT2D eigenvalue weighted by molar-refractivity contribution is 5.90. The van der Waals surface area contributed by atoms with Gasteiger partial charge in [0, 0.05) is 12.8 Å². The maximum Gasteiger partial charge on any atom is 0.198 e. The van der Waals surface area contributed by atoms with E-state index < -0.39 is 37.0 Å². The van der Waals surface area contributed by atoms with Gasteiger partial charge in [0.2, 0.25) is 0 Å². The summed E-state index contributed by atoms with van der Waals surface area (Å²) >= 11 is 0. The molecule has 6 nitrogen and oxygen atoms in total. The van der Waals surface area contributed by atoms with Crippen LogP contribution in [0.1, 0.15) is 32.1 Å². The minimum Gasteiger partial charge on any atom is -0.394 e. The number of carbonyl (C=O) groups is 1. The van der Waals surface area contributed by atoms with Crippen LogP contribution in [0.25, 0.3) is 0 Å².